The minimum absolute atomic E-state index is 0.0855. The summed E-state index contributed by atoms with van der Waals surface area (Å²) in [6.07, 6.45) is 1.87. The van der Waals surface area contributed by atoms with Crippen molar-refractivity contribution in [2.24, 2.45) is 0 Å². The minimum atomic E-state index is -0.491. The number of nitrogens with one attached hydrogen (secondary N) is 4. The van der Waals surface area contributed by atoms with Crippen molar-refractivity contribution in [2.45, 2.75) is 26.2 Å². The second-order valence-corrected chi connectivity index (χ2v) is 9.29. The molecule has 0 aliphatic heterocycles. The van der Waals surface area contributed by atoms with Crippen molar-refractivity contribution in [3.63, 3.8) is 0 Å². The lowest BCUT2D eigenvalue weighted by molar-refractivity contribution is -0.116. The van der Waals surface area contributed by atoms with Gasteiger partial charge in [0.15, 0.2) is 5.11 Å². The molecule has 0 heterocycles. The van der Waals surface area contributed by atoms with Gasteiger partial charge in [-0.15, -0.1) is 0 Å². The Morgan fingerprint density at radius 2 is 1.65 bits per heavy atom. The van der Waals surface area contributed by atoms with E-state index in [0.29, 0.717) is 46.5 Å². The van der Waals surface area contributed by atoms with Crippen molar-refractivity contribution in [3.05, 3.63) is 94.0 Å². The number of benzene rings is 3. The van der Waals surface area contributed by atoms with E-state index in [4.69, 9.17) is 17.0 Å². The van der Waals surface area contributed by atoms with Crippen molar-refractivity contribution in [1.82, 2.24) is 16.2 Å². The molecule has 37 heavy (non-hydrogen) atoms. The Labute approximate surface area is 229 Å². The Kier molecular flexibility index (Phi) is 10.6. The van der Waals surface area contributed by atoms with Crippen LogP contribution in [0.1, 0.15) is 46.0 Å². The molecule has 192 valence electrons. The molecule has 0 radical (unpaired) electrons. The number of rotatable bonds is 9. The molecule has 10 heteroatoms. The van der Waals surface area contributed by atoms with Gasteiger partial charge in [-0.05, 0) is 66.7 Å². The van der Waals surface area contributed by atoms with E-state index in [1.807, 2.05) is 37.3 Å². The first-order chi connectivity index (χ1) is 17.9. The zero-order valence-corrected chi connectivity index (χ0v) is 22.6. The summed E-state index contributed by atoms with van der Waals surface area (Å²) in [5, 5.41) is 5.21. The molecule has 0 saturated carbocycles. The first-order valence-electron chi connectivity index (χ1n) is 11.6. The van der Waals surface area contributed by atoms with Gasteiger partial charge in [0.25, 0.3) is 11.8 Å². The highest BCUT2D eigenvalue weighted by Crippen LogP contribution is 2.23. The summed E-state index contributed by atoms with van der Waals surface area (Å²) in [6, 6.07) is 21.4. The number of carbonyl (C=O) groups is 3. The lowest BCUT2D eigenvalue weighted by Gasteiger charge is -2.14. The van der Waals surface area contributed by atoms with Crippen LogP contribution in [0.15, 0.2) is 77.3 Å². The van der Waals surface area contributed by atoms with Crippen molar-refractivity contribution in [3.8, 4) is 5.75 Å². The third kappa shape index (κ3) is 9.00. The molecular weight excluding hydrogens is 556 g/mol. The Morgan fingerprint density at radius 3 is 2.35 bits per heavy atom. The lowest BCUT2D eigenvalue weighted by atomic mass is 10.1. The van der Waals surface area contributed by atoms with Crippen LogP contribution < -0.4 is 26.2 Å². The summed E-state index contributed by atoms with van der Waals surface area (Å²) in [7, 11) is 0. The maximum atomic E-state index is 12.9. The van der Waals surface area contributed by atoms with Gasteiger partial charge in [0.1, 0.15) is 5.75 Å². The Hall–Kier alpha value is -3.76. The zero-order chi connectivity index (χ0) is 26.6. The van der Waals surface area contributed by atoms with Gasteiger partial charge < -0.3 is 10.1 Å². The van der Waals surface area contributed by atoms with E-state index in [-0.39, 0.29) is 11.0 Å². The van der Waals surface area contributed by atoms with Crippen molar-refractivity contribution < 1.29 is 19.1 Å². The van der Waals surface area contributed by atoms with E-state index < -0.39 is 11.8 Å². The molecule has 3 amide bonds. The fraction of sp³-hybridized carbons (Fsp3) is 0.185. The van der Waals surface area contributed by atoms with E-state index in [1.54, 1.807) is 42.5 Å². The second-order valence-electron chi connectivity index (χ2n) is 7.96. The Morgan fingerprint density at radius 1 is 0.919 bits per heavy atom. The molecule has 0 aliphatic rings. The topological polar surface area (TPSA) is 109 Å². The van der Waals surface area contributed by atoms with Crippen LogP contribution in [0.4, 0.5) is 5.69 Å². The summed E-state index contributed by atoms with van der Waals surface area (Å²) in [5.74, 6) is -0.627. The quantitative estimate of drug-likeness (QED) is 0.214. The maximum absolute atomic E-state index is 12.9. The van der Waals surface area contributed by atoms with Crippen molar-refractivity contribution >= 4 is 56.7 Å². The van der Waals surface area contributed by atoms with E-state index in [1.165, 1.54) is 0 Å². The molecule has 0 bridgehead atoms. The molecular formula is C27H27BrN4O4S. The highest BCUT2D eigenvalue weighted by Gasteiger charge is 2.16. The average molecular weight is 584 g/mol. The molecule has 3 rings (SSSR count). The number of hydrogen-bond donors (Lipinski definition) is 4. The fourth-order valence-corrected chi connectivity index (χ4v) is 3.78. The number of ether oxygens (including phenoxy) is 1. The number of thiocarbonyl (C=S) groups is 1. The summed E-state index contributed by atoms with van der Waals surface area (Å²) < 4.78 is 6.56. The molecule has 0 atom stereocenters. The maximum Gasteiger partial charge on any atom is 0.269 e. The number of amides is 3. The summed E-state index contributed by atoms with van der Waals surface area (Å²) >= 11 is 8.53. The van der Waals surface area contributed by atoms with Gasteiger partial charge in [0.05, 0.1) is 12.2 Å². The highest BCUT2D eigenvalue weighted by atomic mass is 79.9. The first-order valence-corrected chi connectivity index (χ1v) is 12.8. The van der Waals surface area contributed by atoms with Gasteiger partial charge in [-0.1, -0.05) is 53.2 Å². The molecule has 3 aromatic carbocycles. The second kappa shape index (κ2) is 14.1. The third-order valence-corrected chi connectivity index (χ3v) is 5.80. The van der Waals surface area contributed by atoms with Crippen LogP contribution in [-0.4, -0.2) is 29.4 Å². The smallest absolute Gasteiger partial charge is 0.269 e. The van der Waals surface area contributed by atoms with Crippen LogP contribution in [0.3, 0.4) is 0 Å². The number of anilines is 1. The number of hydrazine groups is 1. The van der Waals surface area contributed by atoms with Crippen LogP contribution in [-0.2, 0) is 11.2 Å². The predicted molar refractivity (Wildman–Crippen MR) is 150 cm³/mol. The molecule has 0 unspecified atom stereocenters. The SMILES string of the molecule is CCCC(=O)Nc1ccc(C(=O)NNC(=S)NC(=O)c2cc(Br)ccc2OCCc2ccccc2)cc1. The van der Waals surface area contributed by atoms with Crippen LogP contribution in [0.5, 0.6) is 5.75 Å². The highest BCUT2D eigenvalue weighted by molar-refractivity contribution is 9.10. The van der Waals surface area contributed by atoms with Crippen LogP contribution in [0.2, 0.25) is 0 Å². The average Bonchev–Trinajstić information content (AvgIpc) is 2.89. The molecule has 4 N–H and O–H groups in total. The van der Waals surface area contributed by atoms with E-state index >= 15 is 0 Å². The normalized spacial score (nSPS) is 10.2. The van der Waals surface area contributed by atoms with Crippen LogP contribution in [0.25, 0.3) is 0 Å². The summed E-state index contributed by atoms with van der Waals surface area (Å²) in [4.78, 5) is 37.0. The van der Waals surface area contributed by atoms with Crippen molar-refractivity contribution in [1.29, 1.82) is 0 Å². The van der Waals surface area contributed by atoms with Gasteiger partial charge in [0.2, 0.25) is 5.91 Å². The largest absolute Gasteiger partial charge is 0.492 e. The van der Waals surface area contributed by atoms with Gasteiger partial charge >= 0.3 is 0 Å². The van der Waals surface area contributed by atoms with E-state index in [2.05, 4.69) is 37.4 Å². The number of carbonyl (C=O) groups excluding carboxylic acids is 3. The first kappa shape index (κ1) is 27.8. The van der Waals surface area contributed by atoms with E-state index in [0.717, 1.165) is 12.0 Å². The molecule has 0 saturated heterocycles. The molecule has 0 aromatic heterocycles. The van der Waals surface area contributed by atoms with Gasteiger partial charge in [-0.25, -0.2) is 0 Å². The number of halogens is 1. The monoisotopic (exact) mass is 582 g/mol. The zero-order valence-electron chi connectivity index (χ0n) is 20.2. The predicted octanol–water partition coefficient (Wildman–Crippen LogP) is 4.76. The molecule has 0 spiro atoms. The van der Waals surface area contributed by atoms with E-state index in [9.17, 15) is 14.4 Å². The Bertz CT molecular complexity index is 1250. The third-order valence-electron chi connectivity index (χ3n) is 5.10. The summed E-state index contributed by atoms with van der Waals surface area (Å²) in [5.41, 5.74) is 7.32. The van der Waals surface area contributed by atoms with Crippen LogP contribution in [0, 0.1) is 0 Å². The van der Waals surface area contributed by atoms with Crippen molar-refractivity contribution in [2.75, 3.05) is 11.9 Å². The Balaban J connectivity index is 1.51. The molecule has 0 aliphatic carbocycles. The van der Waals surface area contributed by atoms with Gasteiger partial charge in [-0.2, -0.15) is 0 Å². The molecule has 8 nitrogen and oxygen atoms in total. The summed E-state index contributed by atoms with van der Waals surface area (Å²) in [6.45, 7) is 2.32. The molecule has 3 aromatic rings. The molecule has 0 fully saturated rings. The lowest BCUT2D eigenvalue weighted by Crippen LogP contribution is -2.48. The van der Waals surface area contributed by atoms with Gasteiger partial charge in [-0.3, -0.25) is 30.6 Å². The number of hydrogen-bond acceptors (Lipinski definition) is 5. The van der Waals surface area contributed by atoms with Gasteiger partial charge in [0, 0.05) is 28.6 Å². The minimum Gasteiger partial charge on any atom is -0.492 e. The fourth-order valence-electron chi connectivity index (χ4n) is 3.27. The standard InChI is InChI=1S/C27H27BrN4O4S/c1-2-6-24(33)29-21-12-9-19(10-13-21)25(34)31-32-27(37)30-26(35)22-17-20(28)11-14-23(22)36-16-15-18-7-4-3-5-8-18/h3-5,7-14,17H,2,6,15-16H2,1H3,(H,29,33)(H,31,34)(H2,30,32,35,37). The van der Waals surface area contributed by atoms with Crippen LogP contribution >= 0.6 is 28.1 Å².